The molecular weight excluding hydrogens is 343 g/mol. The lowest BCUT2D eigenvalue weighted by molar-refractivity contribution is -0.125. The molecule has 0 aromatic rings. The predicted molar refractivity (Wildman–Crippen MR) is 99.8 cm³/mol. The van der Waals surface area contributed by atoms with Crippen LogP contribution in [0.2, 0.25) is 0 Å². The average molecular weight is 381 g/mol. The van der Waals surface area contributed by atoms with E-state index in [0.717, 1.165) is 0 Å². The largest absolute Gasteiger partial charge is 0.377 e. The number of hydrogen-bond donors (Lipinski definition) is 2. The molecule has 0 rings (SSSR count). The van der Waals surface area contributed by atoms with Gasteiger partial charge in [-0.15, -0.1) is 0 Å². The van der Waals surface area contributed by atoms with Gasteiger partial charge in [0.05, 0.1) is 32.0 Å². The molecule has 0 radical (unpaired) electrons. The number of ether oxygens (including phenoxy) is 3. The molecule has 7 nitrogen and oxygen atoms in total. The fourth-order valence-electron chi connectivity index (χ4n) is 1.64. The SMILES string of the molecule is CC.COCC(=O)NCCOCCOC(C)(C)C(F)CNC(=O)C(C)C. The van der Waals surface area contributed by atoms with Crippen LogP contribution in [-0.2, 0) is 23.8 Å². The smallest absolute Gasteiger partial charge is 0.246 e. The highest BCUT2D eigenvalue weighted by Crippen LogP contribution is 2.17. The maximum atomic E-state index is 14.2. The van der Waals surface area contributed by atoms with Crippen molar-refractivity contribution in [1.82, 2.24) is 10.6 Å². The Morgan fingerprint density at radius 1 is 1.08 bits per heavy atom. The quantitative estimate of drug-likeness (QED) is 0.475. The molecule has 0 saturated heterocycles. The van der Waals surface area contributed by atoms with E-state index in [1.54, 1.807) is 27.7 Å². The second kappa shape index (κ2) is 16.0. The van der Waals surface area contributed by atoms with E-state index in [1.165, 1.54) is 7.11 Å². The summed E-state index contributed by atoms with van der Waals surface area (Å²) in [5.74, 6) is -0.575. The van der Waals surface area contributed by atoms with E-state index in [1.807, 2.05) is 13.8 Å². The van der Waals surface area contributed by atoms with Crippen molar-refractivity contribution in [2.24, 2.45) is 5.92 Å². The number of amides is 2. The summed E-state index contributed by atoms with van der Waals surface area (Å²) >= 11 is 0. The lowest BCUT2D eigenvalue weighted by Crippen LogP contribution is -2.45. The molecule has 2 amide bonds. The van der Waals surface area contributed by atoms with Crippen molar-refractivity contribution in [2.45, 2.75) is 53.3 Å². The Kier molecular flexibility index (Phi) is 16.6. The van der Waals surface area contributed by atoms with Gasteiger partial charge in [-0.2, -0.15) is 0 Å². The molecule has 156 valence electrons. The van der Waals surface area contributed by atoms with Crippen LogP contribution < -0.4 is 10.6 Å². The fourth-order valence-corrected chi connectivity index (χ4v) is 1.64. The number of alkyl halides is 1. The van der Waals surface area contributed by atoms with Gasteiger partial charge >= 0.3 is 0 Å². The van der Waals surface area contributed by atoms with Crippen molar-refractivity contribution >= 4 is 11.8 Å². The van der Waals surface area contributed by atoms with Gasteiger partial charge in [-0.25, -0.2) is 4.39 Å². The van der Waals surface area contributed by atoms with E-state index in [9.17, 15) is 14.0 Å². The Hall–Kier alpha value is -1.25. The van der Waals surface area contributed by atoms with Crippen molar-refractivity contribution in [3.05, 3.63) is 0 Å². The summed E-state index contributed by atoms with van der Waals surface area (Å²) < 4.78 is 29.6. The van der Waals surface area contributed by atoms with Gasteiger partial charge in [0.2, 0.25) is 11.8 Å². The highest BCUT2D eigenvalue weighted by atomic mass is 19.1. The number of rotatable bonds is 13. The first-order valence-corrected chi connectivity index (χ1v) is 9.09. The molecule has 1 unspecified atom stereocenters. The summed E-state index contributed by atoms with van der Waals surface area (Å²) in [5, 5.41) is 5.17. The number of nitrogens with one attached hydrogen (secondary N) is 2. The monoisotopic (exact) mass is 380 g/mol. The minimum atomic E-state index is -1.33. The van der Waals surface area contributed by atoms with E-state index >= 15 is 0 Å². The molecule has 0 fully saturated rings. The van der Waals surface area contributed by atoms with E-state index < -0.39 is 11.8 Å². The van der Waals surface area contributed by atoms with Crippen LogP contribution in [0.4, 0.5) is 4.39 Å². The maximum absolute atomic E-state index is 14.2. The molecule has 0 aliphatic rings. The summed E-state index contributed by atoms with van der Waals surface area (Å²) in [6.45, 7) is 11.9. The minimum absolute atomic E-state index is 0.0164. The van der Waals surface area contributed by atoms with Gasteiger partial charge in [0.1, 0.15) is 12.8 Å². The number of hydrogen-bond acceptors (Lipinski definition) is 5. The van der Waals surface area contributed by atoms with Gasteiger partial charge < -0.3 is 24.8 Å². The summed E-state index contributed by atoms with van der Waals surface area (Å²) in [4.78, 5) is 22.5. The first kappa shape index (κ1) is 27.0. The first-order valence-electron chi connectivity index (χ1n) is 9.09. The second-order valence-corrected chi connectivity index (χ2v) is 6.21. The fraction of sp³-hybridized carbons (Fsp3) is 0.889. The van der Waals surface area contributed by atoms with Crippen LogP contribution in [0.15, 0.2) is 0 Å². The molecular formula is C18H37FN2O5. The van der Waals surface area contributed by atoms with Crippen LogP contribution in [0.25, 0.3) is 0 Å². The zero-order chi connectivity index (χ0) is 20.6. The van der Waals surface area contributed by atoms with Crippen molar-refractivity contribution in [2.75, 3.05) is 46.6 Å². The Balaban J connectivity index is 0. The molecule has 0 aliphatic carbocycles. The Morgan fingerprint density at radius 3 is 2.23 bits per heavy atom. The highest BCUT2D eigenvalue weighted by molar-refractivity contribution is 5.77. The summed E-state index contributed by atoms with van der Waals surface area (Å²) in [5.41, 5.74) is -1.03. The maximum Gasteiger partial charge on any atom is 0.246 e. The molecule has 2 N–H and O–H groups in total. The van der Waals surface area contributed by atoms with Crippen LogP contribution in [0.5, 0.6) is 0 Å². The van der Waals surface area contributed by atoms with Gasteiger partial charge in [-0.05, 0) is 13.8 Å². The zero-order valence-electron chi connectivity index (χ0n) is 17.3. The Bertz CT molecular complexity index is 379. The van der Waals surface area contributed by atoms with E-state index in [2.05, 4.69) is 15.4 Å². The first-order chi connectivity index (χ1) is 12.2. The van der Waals surface area contributed by atoms with Crippen molar-refractivity contribution < 1.29 is 28.2 Å². The molecule has 0 aromatic heterocycles. The van der Waals surface area contributed by atoms with Gasteiger partial charge in [-0.3, -0.25) is 9.59 Å². The van der Waals surface area contributed by atoms with Crippen LogP contribution >= 0.6 is 0 Å². The molecule has 1 atom stereocenters. The predicted octanol–water partition coefficient (Wildman–Crippen LogP) is 1.70. The molecule has 0 spiro atoms. The minimum Gasteiger partial charge on any atom is -0.377 e. The Labute approximate surface area is 157 Å². The average Bonchev–Trinajstić information content (AvgIpc) is 2.60. The number of carbonyl (C=O) groups is 2. The Morgan fingerprint density at radius 2 is 1.69 bits per heavy atom. The molecule has 8 heteroatoms. The normalized spacial score (nSPS) is 12.2. The number of carbonyl (C=O) groups excluding carboxylic acids is 2. The van der Waals surface area contributed by atoms with Crippen LogP contribution in [0.1, 0.15) is 41.5 Å². The zero-order valence-corrected chi connectivity index (χ0v) is 17.3. The topological polar surface area (TPSA) is 85.9 Å². The van der Waals surface area contributed by atoms with Crippen molar-refractivity contribution in [3.8, 4) is 0 Å². The lowest BCUT2D eigenvalue weighted by atomic mass is 10.0. The standard InChI is InChI=1S/C16H31FN2O5.C2H6/c1-12(2)15(21)19-10-13(17)16(3,4)24-9-8-23-7-6-18-14(20)11-22-5;1-2/h12-13H,6-11H2,1-5H3,(H,18,20)(H,19,21);1-2H3. The lowest BCUT2D eigenvalue weighted by Gasteiger charge is -2.29. The molecule has 26 heavy (non-hydrogen) atoms. The third kappa shape index (κ3) is 14.0. The van der Waals surface area contributed by atoms with Gasteiger partial charge in [0, 0.05) is 19.6 Å². The molecule has 0 aliphatic heterocycles. The van der Waals surface area contributed by atoms with Crippen LogP contribution in [-0.4, -0.2) is 70.2 Å². The number of methoxy groups -OCH3 is 1. The van der Waals surface area contributed by atoms with Crippen LogP contribution in [0.3, 0.4) is 0 Å². The molecule has 0 aromatic carbocycles. The number of halogens is 1. The third-order valence-electron chi connectivity index (χ3n) is 3.28. The van der Waals surface area contributed by atoms with Crippen molar-refractivity contribution in [1.29, 1.82) is 0 Å². The van der Waals surface area contributed by atoms with Gasteiger partial charge in [0.25, 0.3) is 0 Å². The second-order valence-electron chi connectivity index (χ2n) is 6.21. The summed E-state index contributed by atoms with van der Waals surface area (Å²) in [6.07, 6.45) is -1.33. The molecule has 0 saturated carbocycles. The van der Waals surface area contributed by atoms with Crippen LogP contribution in [0, 0.1) is 5.92 Å². The van der Waals surface area contributed by atoms with E-state index in [-0.39, 0.29) is 44.1 Å². The van der Waals surface area contributed by atoms with E-state index in [4.69, 9.17) is 9.47 Å². The van der Waals surface area contributed by atoms with Gasteiger partial charge in [0.15, 0.2) is 0 Å². The summed E-state index contributed by atoms with van der Waals surface area (Å²) in [7, 11) is 1.45. The van der Waals surface area contributed by atoms with Crippen molar-refractivity contribution in [3.63, 3.8) is 0 Å². The van der Waals surface area contributed by atoms with Gasteiger partial charge in [-0.1, -0.05) is 27.7 Å². The molecule has 0 heterocycles. The van der Waals surface area contributed by atoms with E-state index in [0.29, 0.717) is 13.2 Å². The molecule has 0 bridgehead atoms. The highest BCUT2D eigenvalue weighted by Gasteiger charge is 2.30. The third-order valence-corrected chi connectivity index (χ3v) is 3.28. The summed E-state index contributed by atoms with van der Waals surface area (Å²) in [6, 6.07) is 0.